The molecule has 0 radical (unpaired) electrons. The largest absolute Gasteiger partial charge is 0.452 e. The number of carbonyl (C=O) groups is 2. The molecule has 2 heterocycles. The number of nitrogens with zero attached hydrogens (tertiary/aromatic N) is 3. The number of non-ortho nitro benzene ring substituents is 1. The Bertz CT molecular complexity index is 767. The zero-order valence-electron chi connectivity index (χ0n) is 16.8. The van der Waals surface area contributed by atoms with Gasteiger partial charge in [-0.3, -0.25) is 14.9 Å². The van der Waals surface area contributed by atoms with Gasteiger partial charge in [0.1, 0.15) is 0 Å². The number of nitro benzene ring substituents is 1. The Morgan fingerprint density at radius 3 is 2.48 bits per heavy atom. The minimum Gasteiger partial charge on any atom is -0.452 e. The lowest BCUT2D eigenvalue weighted by Crippen LogP contribution is -2.44. The maximum Gasteiger partial charge on any atom is 0.341 e. The zero-order chi connectivity index (χ0) is 21.0. The van der Waals surface area contributed by atoms with E-state index in [1.165, 1.54) is 12.1 Å². The number of nitro groups is 1. The molecule has 0 aromatic heterocycles. The molecule has 2 fully saturated rings. The van der Waals surface area contributed by atoms with Gasteiger partial charge in [0.2, 0.25) is 0 Å². The van der Waals surface area contributed by atoms with Gasteiger partial charge in [0.05, 0.1) is 29.4 Å². The molecule has 1 aromatic carbocycles. The Balaban J connectivity index is 1.72. The van der Waals surface area contributed by atoms with Gasteiger partial charge in [0.15, 0.2) is 6.61 Å². The first-order valence-electron chi connectivity index (χ1n) is 9.91. The Labute approximate surface area is 169 Å². The molecule has 2 aliphatic heterocycles. The van der Waals surface area contributed by atoms with Crippen LogP contribution in [-0.4, -0.2) is 67.7 Å². The van der Waals surface area contributed by atoms with E-state index in [2.05, 4.69) is 13.8 Å². The molecule has 0 unspecified atom stereocenters. The summed E-state index contributed by atoms with van der Waals surface area (Å²) in [4.78, 5) is 39.5. The summed E-state index contributed by atoms with van der Waals surface area (Å²) in [5.41, 5.74) is 0.449. The standard InChI is InChI=1S/C20H27N3O6/c1-14-9-15(2)12-22(11-14)19(24)13-29-20(25)17-10-16(23(26)27)3-4-18(17)21-5-7-28-8-6-21/h3-4,10,14-15H,5-9,11-13H2,1-2H3/t14-,15-/m0/s1. The summed E-state index contributed by atoms with van der Waals surface area (Å²) in [6.07, 6.45) is 1.07. The monoisotopic (exact) mass is 405 g/mol. The Kier molecular flexibility index (Phi) is 6.68. The number of amides is 1. The molecule has 9 heteroatoms. The highest BCUT2D eigenvalue weighted by molar-refractivity contribution is 5.97. The Morgan fingerprint density at radius 2 is 1.86 bits per heavy atom. The summed E-state index contributed by atoms with van der Waals surface area (Å²) < 4.78 is 10.6. The van der Waals surface area contributed by atoms with Gasteiger partial charge in [0, 0.05) is 38.3 Å². The van der Waals surface area contributed by atoms with E-state index >= 15 is 0 Å². The van der Waals surface area contributed by atoms with Crippen molar-refractivity contribution in [3.63, 3.8) is 0 Å². The predicted octanol–water partition coefficient (Wildman–Crippen LogP) is 2.09. The van der Waals surface area contributed by atoms with Gasteiger partial charge in [-0.25, -0.2) is 4.79 Å². The second-order valence-corrected chi connectivity index (χ2v) is 7.88. The van der Waals surface area contributed by atoms with Crippen molar-refractivity contribution in [3.8, 4) is 0 Å². The van der Waals surface area contributed by atoms with Crippen LogP contribution in [0.1, 0.15) is 30.6 Å². The maximum atomic E-state index is 12.7. The van der Waals surface area contributed by atoms with Crippen LogP contribution in [0.3, 0.4) is 0 Å². The van der Waals surface area contributed by atoms with E-state index in [-0.39, 0.29) is 23.8 Å². The van der Waals surface area contributed by atoms with Crippen molar-refractivity contribution in [2.75, 3.05) is 50.9 Å². The first-order chi connectivity index (χ1) is 13.8. The Morgan fingerprint density at radius 1 is 1.21 bits per heavy atom. The highest BCUT2D eigenvalue weighted by atomic mass is 16.6. The molecule has 1 aromatic rings. The molecular formula is C20H27N3O6. The normalized spacial score (nSPS) is 22.3. The number of benzene rings is 1. The summed E-state index contributed by atoms with van der Waals surface area (Å²) in [6.45, 7) is 7.28. The summed E-state index contributed by atoms with van der Waals surface area (Å²) >= 11 is 0. The molecular weight excluding hydrogens is 378 g/mol. The lowest BCUT2D eigenvalue weighted by molar-refractivity contribution is -0.384. The topological polar surface area (TPSA) is 102 Å². The molecule has 158 valence electrons. The molecule has 0 aliphatic carbocycles. The van der Waals surface area contributed by atoms with Gasteiger partial charge in [-0.15, -0.1) is 0 Å². The molecule has 9 nitrogen and oxygen atoms in total. The highest BCUT2D eigenvalue weighted by Crippen LogP contribution is 2.27. The number of hydrogen-bond acceptors (Lipinski definition) is 7. The van der Waals surface area contributed by atoms with E-state index < -0.39 is 10.9 Å². The Hall–Kier alpha value is -2.68. The number of esters is 1. The van der Waals surface area contributed by atoms with Crippen molar-refractivity contribution >= 4 is 23.3 Å². The molecule has 0 spiro atoms. The van der Waals surface area contributed by atoms with Gasteiger partial charge >= 0.3 is 5.97 Å². The van der Waals surface area contributed by atoms with Crippen LogP contribution in [-0.2, 0) is 14.3 Å². The quantitative estimate of drug-likeness (QED) is 0.420. The first-order valence-corrected chi connectivity index (χ1v) is 9.91. The molecule has 2 atom stereocenters. The predicted molar refractivity (Wildman–Crippen MR) is 106 cm³/mol. The van der Waals surface area contributed by atoms with E-state index in [0.717, 1.165) is 6.42 Å². The zero-order valence-corrected chi connectivity index (χ0v) is 16.8. The molecule has 0 saturated carbocycles. The fourth-order valence-corrected chi connectivity index (χ4v) is 4.04. The van der Waals surface area contributed by atoms with Crippen LogP contribution in [0.2, 0.25) is 0 Å². The summed E-state index contributed by atoms with van der Waals surface area (Å²) in [6, 6.07) is 4.13. The summed E-state index contributed by atoms with van der Waals surface area (Å²) in [5.74, 6) is -0.164. The fourth-order valence-electron chi connectivity index (χ4n) is 4.04. The van der Waals surface area contributed by atoms with Crippen molar-refractivity contribution in [1.29, 1.82) is 0 Å². The minimum atomic E-state index is -0.735. The molecule has 0 bridgehead atoms. The van der Waals surface area contributed by atoms with Gasteiger partial charge in [0.25, 0.3) is 11.6 Å². The second kappa shape index (κ2) is 9.21. The smallest absolute Gasteiger partial charge is 0.341 e. The fraction of sp³-hybridized carbons (Fsp3) is 0.600. The van der Waals surface area contributed by atoms with Crippen LogP contribution >= 0.6 is 0 Å². The number of carbonyl (C=O) groups excluding carboxylic acids is 2. The average molecular weight is 405 g/mol. The number of anilines is 1. The van der Waals surface area contributed by atoms with Crippen LogP contribution in [0.5, 0.6) is 0 Å². The average Bonchev–Trinajstić information content (AvgIpc) is 2.71. The van der Waals surface area contributed by atoms with E-state index in [1.807, 2.05) is 4.90 Å². The van der Waals surface area contributed by atoms with Crippen LogP contribution in [0, 0.1) is 22.0 Å². The first kappa shape index (κ1) is 21.0. The molecule has 3 rings (SSSR count). The van der Waals surface area contributed by atoms with E-state index in [4.69, 9.17) is 9.47 Å². The third kappa shape index (κ3) is 5.23. The van der Waals surface area contributed by atoms with Crippen molar-refractivity contribution in [2.45, 2.75) is 20.3 Å². The van der Waals surface area contributed by atoms with Crippen LogP contribution < -0.4 is 4.90 Å². The van der Waals surface area contributed by atoms with E-state index in [1.54, 1.807) is 11.0 Å². The van der Waals surface area contributed by atoms with E-state index in [9.17, 15) is 19.7 Å². The summed E-state index contributed by atoms with van der Waals surface area (Å²) in [7, 11) is 0. The number of piperidine rings is 1. The van der Waals surface area contributed by atoms with Crippen molar-refractivity contribution < 1.29 is 24.0 Å². The number of rotatable bonds is 5. The number of hydrogen-bond donors (Lipinski definition) is 0. The van der Waals surface area contributed by atoms with Gasteiger partial charge in [-0.1, -0.05) is 13.8 Å². The highest BCUT2D eigenvalue weighted by Gasteiger charge is 2.27. The lowest BCUT2D eigenvalue weighted by Gasteiger charge is -2.34. The van der Waals surface area contributed by atoms with Crippen LogP contribution in [0.4, 0.5) is 11.4 Å². The lowest BCUT2D eigenvalue weighted by atomic mass is 9.92. The molecule has 29 heavy (non-hydrogen) atoms. The van der Waals surface area contributed by atoms with Crippen molar-refractivity contribution in [2.24, 2.45) is 11.8 Å². The molecule has 2 saturated heterocycles. The minimum absolute atomic E-state index is 0.0919. The number of likely N-dealkylation sites (tertiary alicyclic amines) is 1. The molecule has 0 N–H and O–H groups in total. The van der Waals surface area contributed by atoms with Crippen LogP contribution in [0.15, 0.2) is 18.2 Å². The van der Waals surface area contributed by atoms with Crippen molar-refractivity contribution in [1.82, 2.24) is 4.90 Å². The summed E-state index contributed by atoms with van der Waals surface area (Å²) in [5, 5.41) is 11.2. The van der Waals surface area contributed by atoms with Crippen LogP contribution in [0.25, 0.3) is 0 Å². The second-order valence-electron chi connectivity index (χ2n) is 7.88. The molecule has 2 aliphatic rings. The van der Waals surface area contributed by atoms with Gasteiger partial charge < -0.3 is 19.3 Å². The third-order valence-corrected chi connectivity index (χ3v) is 5.31. The molecule has 1 amide bonds. The number of ether oxygens (including phenoxy) is 2. The van der Waals surface area contributed by atoms with Gasteiger partial charge in [-0.2, -0.15) is 0 Å². The maximum absolute atomic E-state index is 12.7. The van der Waals surface area contributed by atoms with E-state index in [0.29, 0.717) is 56.9 Å². The SMILES string of the molecule is C[C@H]1C[C@H](C)CN(C(=O)COC(=O)c2cc([N+](=O)[O-])ccc2N2CCOCC2)C1. The number of morpholine rings is 1. The van der Waals surface area contributed by atoms with Gasteiger partial charge in [-0.05, 0) is 24.3 Å². The van der Waals surface area contributed by atoms with Crippen molar-refractivity contribution in [3.05, 3.63) is 33.9 Å². The third-order valence-electron chi connectivity index (χ3n) is 5.31.